The topological polar surface area (TPSA) is 89.9 Å². The number of hydrogen-bond donors (Lipinski definition) is 1. The molecule has 2 aromatic rings. The first-order valence-electron chi connectivity index (χ1n) is 8.13. The fourth-order valence-electron chi connectivity index (χ4n) is 2.96. The van der Waals surface area contributed by atoms with Crippen LogP contribution in [0.4, 0.5) is 0 Å². The fraction of sp³-hybridized carbons (Fsp3) is 0.150. The van der Waals surface area contributed by atoms with E-state index in [-0.39, 0.29) is 4.90 Å². The van der Waals surface area contributed by atoms with E-state index in [1.54, 1.807) is 42.5 Å². The number of carboxylic acid groups (broad SMARTS) is 1. The molecule has 3 rings (SSSR count). The Bertz CT molecular complexity index is 977. The van der Waals surface area contributed by atoms with Gasteiger partial charge in [0.2, 0.25) is 0 Å². The van der Waals surface area contributed by atoms with E-state index in [0.717, 1.165) is 0 Å². The summed E-state index contributed by atoms with van der Waals surface area (Å²) in [5, 5.41) is 9.69. The molecule has 0 saturated heterocycles. The van der Waals surface area contributed by atoms with Crippen LogP contribution in [0.1, 0.15) is 5.56 Å². The van der Waals surface area contributed by atoms with Gasteiger partial charge < -0.3 is 9.84 Å². The van der Waals surface area contributed by atoms with Crippen LogP contribution in [0.25, 0.3) is 0 Å². The zero-order valence-electron chi connectivity index (χ0n) is 14.5. The van der Waals surface area contributed by atoms with Crippen LogP contribution in [0.3, 0.4) is 0 Å². The second kappa shape index (κ2) is 7.38. The Morgan fingerprint density at radius 1 is 1.04 bits per heavy atom. The fourth-order valence-corrected chi connectivity index (χ4v) is 4.14. The summed E-state index contributed by atoms with van der Waals surface area (Å²) in [7, 11) is -2.79. The van der Waals surface area contributed by atoms with Gasteiger partial charge in [-0.1, -0.05) is 48.6 Å². The molecule has 0 aromatic heterocycles. The van der Waals surface area contributed by atoms with Crippen LogP contribution >= 0.6 is 0 Å². The minimum atomic E-state index is -4.26. The van der Waals surface area contributed by atoms with Gasteiger partial charge in [0, 0.05) is 0 Å². The van der Waals surface area contributed by atoms with Gasteiger partial charge in [0.25, 0.3) is 10.1 Å². The Balaban J connectivity index is 2.10. The lowest BCUT2D eigenvalue weighted by Gasteiger charge is -2.35. The highest BCUT2D eigenvalue weighted by atomic mass is 32.2. The molecule has 2 aromatic carbocycles. The molecule has 1 aliphatic rings. The molecule has 0 bridgehead atoms. The van der Waals surface area contributed by atoms with Crippen molar-refractivity contribution in [1.29, 1.82) is 0 Å². The van der Waals surface area contributed by atoms with Crippen molar-refractivity contribution >= 4 is 16.1 Å². The van der Waals surface area contributed by atoms with Crippen LogP contribution in [-0.2, 0) is 24.7 Å². The molecule has 0 aliphatic heterocycles. The van der Waals surface area contributed by atoms with Gasteiger partial charge in [-0.15, -0.1) is 0 Å². The maximum Gasteiger partial charge on any atom is 0.314 e. The molecular formula is C20H18O6S. The first-order valence-corrected chi connectivity index (χ1v) is 9.54. The van der Waals surface area contributed by atoms with Crippen LogP contribution in [0.15, 0.2) is 83.8 Å². The maximum absolute atomic E-state index is 12.9. The smallest absolute Gasteiger partial charge is 0.314 e. The van der Waals surface area contributed by atoms with Crippen LogP contribution in [0, 0.1) is 5.92 Å². The summed E-state index contributed by atoms with van der Waals surface area (Å²) < 4.78 is 36.5. The monoisotopic (exact) mass is 386 g/mol. The van der Waals surface area contributed by atoms with Crippen molar-refractivity contribution in [3.05, 3.63) is 84.5 Å². The zero-order valence-corrected chi connectivity index (χ0v) is 15.3. The third-order valence-electron chi connectivity index (χ3n) is 4.31. The van der Waals surface area contributed by atoms with Gasteiger partial charge in [-0.25, -0.2) is 4.18 Å². The summed E-state index contributed by atoms with van der Waals surface area (Å²) in [6.45, 7) is 0. The van der Waals surface area contributed by atoms with Crippen molar-refractivity contribution in [3.8, 4) is 5.75 Å². The Hall–Kier alpha value is -2.90. The van der Waals surface area contributed by atoms with E-state index >= 15 is 0 Å². The Labute approximate surface area is 157 Å². The van der Waals surface area contributed by atoms with Gasteiger partial charge in [-0.05, 0) is 35.9 Å². The Morgan fingerprint density at radius 3 is 2.30 bits per heavy atom. The van der Waals surface area contributed by atoms with Crippen molar-refractivity contribution in [2.75, 3.05) is 7.11 Å². The average molecular weight is 386 g/mol. The number of carboxylic acids is 1. The maximum atomic E-state index is 12.9. The van der Waals surface area contributed by atoms with Crippen molar-refractivity contribution in [3.63, 3.8) is 0 Å². The first-order chi connectivity index (χ1) is 12.9. The van der Waals surface area contributed by atoms with E-state index in [9.17, 15) is 18.3 Å². The largest absolute Gasteiger partial charge is 0.497 e. The standard InChI is InChI=1S/C20H18O6S/c1-25-16-10-12-17(13-11-16)27(23,24)26-20(15-7-3-2-4-8-15)14-6-5-9-18(20)19(21)22/h2-14,18H,1H3,(H,21,22). The van der Waals surface area contributed by atoms with E-state index in [1.165, 1.54) is 43.5 Å². The number of hydrogen-bond acceptors (Lipinski definition) is 5. The summed E-state index contributed by atoms with van der Waals surface area (Å²) in [6.07, 6.45) is 6.01. The number of ether oxygens (including phenoxy) is 1. The van der Waals surface area contributed by atoms with E-state index in [4.69, 9.17) is 8.92 Å². The molecule has 1 aliphatic carbocycles. The zero-order chi connectivity index (χ0) is 19.5. The first kappa shape index (κ1) is 18.9. The lowest BCUT2D eigenvalue weighted by atomic mass is 9.78. The molecule has 0 spiro atoms. The lowest BCUT2D eigenvalue weighted by Crippen LogP contribution is -2.42. The summed E-state index contributed by atoms with van der Waals surface area (Å²) in [5.41, 5.74) is -1.27. The molecule has 1 N–H and O–H groups in total. The lowest BCUT2D eigenvalue weighted by molar-refractivity contribution is -0.145. The number of carbonyl (C=O) groups is 1. The number of rotatable bonds is 6. The van der Waals surface area contributed by atoms with E-state index in [1.807, 2.05) is 0 Å². The molecule has 7 heteroatoms. The molecule has 0 fully saturated rings. The highest BCUT2D eigenvalue weighted by molar-refractivity contribution is 7.86. The minimum Gasteiger partial charge on any atom is -0.497 e. The van der Waals surface area contributed by atoms with Gasteiger partial charge in [-0.3, -0.25) is 4.79 Å². The van der Waals surface area contributed by atoms with Crippen molar-refractivity contribution < 1.29 is 27.2 Å². The predicted molar refractivity (Wildman–Crippen MR) is 98.8 cm³/mol. The van der Waals surface area contributed by atoms with Gasteiger partial charge in [-0.2, -0.15) is 8.42 Å². The van der Waals surface area contributed by atoms with Gasteiger partial charge in [0.1, 0.15) is 17.3 Å². The van der Waals surface area contributed by atoms with Crippen LogP contribution in [0.5, 0.6) is 5.75 Å². The van der Waals surface area contributed by atoms with Gasteiger partial charge >= 0.3 is 5.97 Å². The molecule has 0 amide bonds. The van der Waals surface area contributed by atoms with Crippen LogP contribution < -0.4 is 4.74 Å². The molecule has 6 nitrogen and oxygen atoms in total. The minimum absolute atomic E-state index is 0.0919. The molecule has 27 heavy (non-hydrogen) atoms. The Morgan fingerprint density at radius 2 is 1.70 bits per heavy atom. The number of benzene rings is 2. The number of allylic oxidation sites excluding steroid dienone is 2. The third kappa shape index (κ3) is 3.65. The molecule has 2 atom stereocenters. The van der Waals surface area contributed by atoms with Crippen LogP contribution in [0.2, 0.25) is 0 Å². The van der Waals surface area contributed by atoms with Crippen molar-refractivity contribution in [1.82, 2.24) is 0 Å². The van der Waals surface area contributed by atoms with E-state index < -0.39 is 27.6 Å². The van der Waals surface area contributed by atoms with Gasteiger partial charge in [0.15, 0.2) is 0 Å². The molecule has 0 heterocycles. The molecule has 2 unspecified atom stereocenters. The normalized spacial score (nSPS) is 21.7. The molecular weight excluding hydrogens is 368 g/mol. The SMILES string of the molecule is COc1ccc(S(=O)(=O)OC2(c3ccccc3)C=CC=CC2C(=O)O)cc1. The molecule has 140 valence electrons. The van der Waals surface area contributed by atoms with Gasteiger partial charge in [0.05, 0.1) is 12.0 Å². The molecule has 0 radical (unpaired) electrons. The van der Waals surface area contributed by atoms with Crippen LogP contribution in [-0.4, -0.2) is 26.6 Å². The van der Waals surface area contributed by atoms with E-state index in [0.29, 0.717) is 11.3 Å². The average Bonchev–Trinajstić information content (AvgIpc) is 2.68. The number of aliphatic carboxylic acids is 1. The number of methoxy groups -OCH3 is 1. The third-order valence-corrected chi connectivity index (χ3v) is 5.65. The highest BCUT2D eigenvalue weighted by Gasteiger charge is 2.47. The second-order valence-corrected chi connectivity index (χ2v) is 7.48. The summed E-state index contributed by atoms with van der Waals surface area (Å²) in [5.74, 6) is -1.90. The quantitative estimate of drug-likeness (QED) is 0.767. The van der Waals surface area contributed by atoms with Crippen molar-refractivity contribution in [2.45, 2.75) is 10.5 Å². The van der Waals surface area contributed by atoms with E-state index in [2.05, 4.69) is 0 Å². The highest BCUT2D eigenvalue weighted by Crippen LogP contribution is 2.41. The van der Waals surface area contributed by atoms with Crippen molar-refractivity contribution in [2.24, 2.45) is 5.92 Å². The Kier molecular flexibility index (Phi) is 5.16. The second-order valence-electron chi connectivity index (χ2n) is 5.93. The predicted octanol–water partition coefficient (Wildman–Crippen LogP) is 3.12. The summed E-state index contributed by atoms with van der Waals surface area (Å²) in [4.78, 5) is 11.8. The molecule has 0 saturated carbocycles. The summed E-state index contributed by atoms with van der Waals surface area (Å²) >= 11 is 0. The summed E-state index contributed by atoms with van der Waals surface area (Å²) in [6, 6.07) is 14.1.